The summed E-state index contributed by atoms with van der Waals surface area (Å²) in [6.07, 6.45) is 5.20. The number of halogens is 1. The molecule has 0 aromatic heterocycles. The smallest absolute Gasteiger partial charge is 0.235 e. The monoisotopic (exact) mass is 401 g/mol. The van der Waals surface area contributed by atoms with Gasteiger partial charge in [0.2, 0.25) is 11.8 Å². The molecular formula is C18H16BrN3O3. The second-order valence-electron chi connectivity index (χ2n) is 6.31. The lowest BCUT2D eigenvalue weighted by Gasteiger charge is -2.30. The van der Waals surface area contributed by atoms with E-state index in [-0.39, 0.29) is 23.6 Å². The molecule has 7 heteroatoms. The van der Waals surface area contributed by atoms with Crippen LogP contribution in [0.5, 0.6) is 0 Å². The number of fused-ring (bicyclic) bond motifs is 3. The fourth-order valence-corrected chi connectivity index (χ4v) is 4.26. The summed E-state index contributed by atoms with van der Waals surface area (Å²) >= 11 is 3.35. The van der Waals surface area contributed by atoms with Crippen LogP contribution in [0.25, 0.3) is 0 Å². The number of hydrogen-bond donors (Lipinski definition) is 0. The Balaban J connectivity index is 1.77. The predicted molar refractivity (Wildman–Crippen MR) is 94.9 cm³/mol. The number of amides is 2. The van der Waals surface area contributed by atoms with Gasteiger partial charge in [0.1, 0.15) is 6.04 Å². The minimum absolute atomic E-state index is 0.184. The van der Waals surface area contributed by atoms with Gasteiger partial charge in [-0.05, 0) is 25.1 Å². The molecule has 2 fully saturated rings. The third-order valence-electron chi connectivity index (χ3n) is 5.10. The average Bonchev–Trinajstić information content (AvgIpc) is 3.08. The third-order valence-corrected chi connectivity index (χ3v) is 5.62. The van der Waals surface area contributed by atoms with Crippen molar-refractivity contribution in [3.63, 3.8) is 0 Å². The number of likely N-dealkylation sites (tertiary alicyclic amines) is 1. The van der Waals surface area contributed by atoms with E-state index in [2.05, 4.69) is 21.0 Å². The van der Waals surface area contributed by atoms with E-state index in [1.54, 1.807) is 48.5 Å². The minimum Gasteiger partial charge on any atom is -0.292 e. The molecule has 0 radical (unpaired) electrons. The van der Waals surface area contributed by atoms with Crippen LogP contribution in [0.4, 0.5) is 0 Å². The van der Waals surface area contributed by atoms with Crippen molar-refractivity contribution >= 4 is 39.7 Å². The van der Waals surface area contributed by atoms with Gasteiger partial charge in [-0.15, -0.1) is 0 Å². The molecule has 2 saturated heterocycles. The van der Waals surface area contributed by atoms with E-state index in [1.165, 1.54) is 4.90 Å². The van der Waals surface area contributed by atoms with Crippen molar-refractivity contribution in [3.8, 4) is 0 Å². The van der Waals surface area contributed by atoms with Gasteiger partial charge in [0.15, 0.2) is 5.78 Å². The summed E-state index contributed by atoms with van der Waals surface area (Å²) in [5.74, 6) is -1.90. The van der Waals surface area contributed by atoms with Gasteiger partial charge in [0, 0.05) is 22.8 Å². The molecule has 0 N–H and O–H groups in total. The maximum Gasteiger partial charge on any atom is 0.235 e. The standard InChI is InChI=1S/C18H16BrN3O3/c1-2-21-17(24)13-12-4-3-9-20-22(12)15(14(13)18(21)25)16(23)10-5-7-11(19)8-6-10/h3-9,12-15H,2H2,1H3/t12-,13-,14-,15+/m0/s1. The second-order valence-corrected chi connectivity index (χ2v) is 7.22. The summed E-state index contributed by atoms with van der Waals surface area (Å²) in [7, 11) is 0. The number of hydrazone groups is 1. The Morgan fingerprint density at radius 1 is 1.16 bits per heavy atom. The van der Waals surface area contributed by atoms with Crippen LogP contribution in [-0.4, -0.2) is 52.3 Å². The number of imide groups is 1. The molecule has 25 heavy (non-hydrogen) atoms. The molecule has 2 amide bonds. The maximum atomic E-state index is 13.2. The van der Waals surface area contributed by atoms with Crippen LogP contribution in [0.2, 0.25) is 0 Å². The first-order chi connectivity index (χ1) is 12.0. The molecule has 1 aromatic carbocycles. The lowest BCUT2D eigenvalue weighted by Crippen LogP contribution is -2.45. The number of ketones is 1. The number of hydrogen-bond acceptors (Lipinski definition) is 5. The Morgan fingerprint density at radius 3 is 2.52 bits per heavy atom. The number of rotatable bonds is 3. The molecule has 0 unspecified atom stereocenters. The Labute approximate surface area is 153 Å². The van der Waals surface area contributed by atoms with Crippen LogP contribution in [0, 0.1) is 11.8 Å². The van der Waals surface area contributed by atoms with Crippen molar-refractivity contribution in [2.75, 3.05) is 6.54 Å². The van der Waals surface area contributed by atoms with Gasteiger partial charge in [0.05, 0.1) is 17.9 Å². The topological polar surface area (TPSA) is 70.1 Å². The molecule has 1 aromatic rings. The van der Waals surface area contributed by atoms with Crippen LogP contribution in [-0.2, 0) is 9.59 Å². The Bertz CT molecular complexity index is 817. The molecule has 128 valence electrons. The summed E-state index contributed by atoms with van der Waals surface area (Å²) in [6, 6.07) is 5.90. The molecule has 3 aliphatic heterocycles. The summed E-state index contributed by atoms with van der Waals surface area (Å²) in [6.45, 7) is 2.10. The molecule has 4 rings (SSSR count). The number of allylic oxidation sites excluding steroid dienone is 1. The third kappa shape index (κ3) is 2.29. The maximum absolute atomic E-state index is 13.2. The summed E-state index contributed by atoms with van der Waals surface area (Å²) in [5, 5.41) is 5.94. The van der Waals surface area contributed by atoms with Gasteiger partial charge < -0.3 is 0 Å². The molecular weight excluding hydrogens is 386 g/mol. The van der Waals surface area contributed by atoms with E-state index >= 15 is 0 Å². The summed E-state index contributed by atoms with van der Waals surface area (Å²) in [5.41, 5.74) is 0.507. The highest BCUT2D eigenvalue weighted by molar-refractivity contribution is 9.10. The van der Waals surface area contributed by atoms with Crippen molar-refractivity contribution < 1.29 is 14.4 Å². The zero-order valence-electron chi connectivity index (χ0n) is 13.5. The van der Waals surface area contributed by atoms with Crippen LogP contribution in [0.3, 0.4) is 0 Å². The van der Waals surface area contributed by atoms with Gasteiger partial charge in [-0.2, -0.15) is 5.10 Å². The molecule has 0 aliphatic carbocycles. The lowest BCUT2D eigenvalue weighted by molar-refractivity contribution is -0.141. The molecule has 3 aliphatic rings. The summed E-state index contributed by atoms with van der Waals surface area (Å²) < 4.78 is 0.870. The fourth-order valence-electron chi connectivity index (χ4n) is 4.00. The molecule has 0 spiro atoms. The summed E-state index contributed by atoms with van der Waals surface area (Å²) in [4.78, 5) is 40.0. The highest BCUT2D eigenvalue weighted by Gasteiger charge is 2.63. The van der Waals surface area contributed by atoms with Gasteiger partial charge in [0.25, 0.3) is 0 Å². The minimum atomic E-state index is -0.759. The number of carbonyl (C=O) groups excluding carboxylic acids is 3. The molecule has 0 bridgehead atoms. The van der Waals surface area contributed by atoms with E-state index in [4.69, 9.17) is 0 Å². The van der Waals surface area contributed by atoms with Gasteiger partial charge in [-0.1, -0.05) is 34.1 Å². The Morgan fingerprint density at radius 2 is 1.84 bits per heavy atom. The van der Waals surface area contributed by atoms with Crippen molar-refractivity contribution in [3.05, 3.63) is 46.5 Å². The number of carbonyl (C=O) groups is 3. The van der Waals surface area contributed by atoms with Crippen molar-refractivity contribution in [1.82, 2.24) is 9.91 Å². The largest absolute Gasteiger partial charge is 0.292 e. The number of benzene rings is 1. The highest BCUT2D eigenvalue weighted by atomic mass is 79.9. The SMILES string of the molecule is CCN1C(=O)[C@@H]2[C@H](C1=O)[C@H](C(=O)c1ccc(Br)cc1)N1N=CC=C[C@@H]21. The molecule has 3 heterocycles. The van der Waals surface area contributed by atoms with Crippen LogP contribution < -0.4 is 0 Å². The predicted octanol–water partition coefficient (Wildman–Crippen LogP) is 1.86. The molecule has 4 atom stereocenters. The molecule has 0 saturated carbocycles. The highest BCUT2D eigenvalue weighted by Crippen LogP contribution is 2.44. The zero-order valence-corrected chi connectivity index (χ0v) is 15.1. The van der Waals surface area contributed by atoms with E-state index in [1.807, 2.05) is 6.08 Å². The molecule has 6 nitrogen and oxygen atoms in total. The normalized spacial score (nSPS) is 30.0. The zero-order chi connectivity index (χ0) is 17.7. The first kappa shape index (κ1) is 16.2. The van der Waals surface area contributed by atoms with Gasteiger partial charge in [-0.3, -0.25) is 24.3 Å². The van der Waals surface area contributed by atoms with Crippen LogP contribution >= 0.6 is 15.9 Å². The fraction of sp³-hybridized carbons (Fsp3) is 0.333. The van der Waals surface area contributed by atoms with Crippen molar-refractivity contribution in [1.29, 1.82) is 0 Å². The number of Topliss-reactive ketones (excluding diaryl/α,β-unsaturated/α-hetero) is 1. The second kappa shape index (κ2) is 5.91. The van der Waals surface area contributed by atoms with Crippen molar-refractivity contribution in [2.45, 2.75) is 19.0 Å². The number of nitrogens with zero attached hydrogens (tertiary/aromatic N) is 3. The van der Waals surface area contributed by atoms with E-state index in [0.29, 0.717) is 12.1 Å². The van der Waals surface area contributed by atoms with Crippen LogP contribution in [0.15, 0.2) is 46.0 Å². The van der Waals surface area contributed by atoms with Gasteiger partial charge >= 0.3 is 0 Å². The Kier molecular flexibility index (Phi) is 3.83. The first-order valence-corrected chi connectivity index (χ1v) is 8.98. The average molecular weight is 402 g/mol. The van der Waals surface area contributed by atoms with E-state index < -0.39 is 17.9 Å². The van der Waals surface area contributed by atoms with Crippen molar-refractivity contribution in [2.24, 2.45) is 16.9 Å². The van der Waals surface area contributed by atoms with E-state index in [0.717, 1.165) is 4.47 Å². The van der Waals surface area contributed by atoms with Crippen LogP contribution in [0.1, 0.15) is 17.3 Å². The lowest BCUT2D eigenvalue weighted by atomic mass is 9.86. The first-order valence-electron chi connectivity index (χ1n) is 8.18. The van der Waals surface area contributed by atoms with E-state index in [9.17, 15) is 14.4 Å². The quantitative estimate of drug-likeness (QED) is 0.572. The Hall–Kier alpha value is -2.28. The van der Waals surface area contributed by atoms with Gasteiger partial charge in [-0.25, -0.2) is 0 Å².